The van der Waals surface area contributed by atoms with E-state index < -0.39 is 11.9 Å². The van der Waals surface area contributed by atoms with Crippen LogP contribution >= 0.6 is 22.6 Å². The van der Waals surface area contributed by atoms with Gasteiger partial charge in [0, 0.05) is 10.6 Å². The fourth-order valence-electron chi connectivity index (χ4n) is 1.84. The van der Waals surface area contributed by atoms with E-state index in [1.165, 1.54) is 20.4 Å². The van der Waals surface area contributed by atoms with Crippen molar-refractivity contribution in [3.05, 3.63) is 47.3 Å². The Bertz CT molecular complexity index is 718. The van der Waals surface area contributed by atoms with Crippen molar-refractivity contribution in [1.29, 1.82) is 0 Å². The van der Waals surface area contributed by atoms with Gasteiger partial charge in [0.05, 0.1) is 42.4 Å². The third-order valence-electron chi connectivity index (χ3n) is 2.88. The molecule has 0 spiro atoms. The molecule has 0 aliphatic rings. The molecule has 0 aromatic carbocycles. The molecule has 2 heterocycles. The number of methoxy groups -OCH3 is 2. The van der Waals surface area contributed by atoms with Crippen LogP contribution in [0.15, 0.2) is 30.5 Å². The fourth-order valence-corrected chi connectivity index (χ4v) is 2.23. The summed E-state index contributed by atoms with van der Waals surface area (Å²) in [5, 5.41) is 0. The van der Waals surface area contributed by atoms with Gasteiger partial charge in [-0.05, 0) is 24.3 Å². The molecule has 0 aliphatic carbocycles. The normalized spacial score (nSPS) is 10.1. The minimum Gasteiger partial charge on any atom is -0.465 e. The Balaban J connectivity index is 2.52. The fraction of sp³-hybridized carbons (Fsp3) is 0.200. The van der Waals surface area contributed by atoms with Gasteiger partial charge in [-0.2, -0.15) is 0 Å². The van der Waals surface area contributed by atoms with Gasteiger partial charge in [-0.25, -0.2) is 9.59 Å². The number of rotatable bonds is 4. The molecule has 0 unspecified atom stereocenters. The summed E-state index contributed by atoms with van der Waals surface area (Å²) in [6, 6.07) is 6.39. The summed E-state index contributed by atoms with van der Waals surface area (Å²) in [5.41, 5.74) is 2.47. The van der Waals surface area contributed by atoms with Gasteiger partial charge in [0.15, 0.2) is 0 Å². The Kier molecular flexibility index (Phi) is 5.42. The molecule has 0 atom stereocenters. The highest BCUT2D eigenvalue weighted by Crippen LogP contribution is 2.20. The largest absolute Gasteiger partial charge is 0.465 e. The number of aromatic nitrogens is 2. The van der Waals surface area contributed by atoms with Gasteiger partial charge in [0.2, 0.25) is 0 Å². The van der Waals surface area contributed by atoms with E-state index in [-0.39, 0.29) is 0 Å². The van der Waals surface area contributed by atoms with Crippen LogP contribution in [0.2, 0.25) is 0 Å². The van der Waals surface area contributed by atoms with E-state index in [9.17, 15) is 9.59 Å². The molecule has 0 amide bonds. The van der Waals surface area contributed by atoms with Gasteiger partial charge in [0.1, 0.15) is 0 Å². The molecule has 2 rings (SSSR count). The first kappa shape index (κ1) is 16.3. The SMILES string of the molecule is COC(=O)c1ccnc(-c2cc(C(=O)OC)cc(CI)n2)c1. The molecule has 7 heteroatoms. The Hall–Kier alpha value is -2.03. The number of hydrogen-bond donors (Lipinski definition) is 0. The lowest BCUT2D eigenvalue weighted by molar-refractivity contribution is 0.0591. The van der Waals surface area contributed by atoms with Gasteiger partial charge < -0.3 is 9.47 Å². The number of alkyl halides is 1. The van der Waals surface area contributed by atoms with Crippen molar-refractivity contribution in [3.8, 4) is 11.4 Å². The summed E-state index contributed by atoms with van der Waals surface area (Å²) in [5.74, 6) is -0.902. The van der Waals surface area contributed by atoms with Crippen molar-refractivity contribution in [1.82, 2.24) is 9.97 Å². The summed E-state index contributed by atoms with van der Waals surface area (Å²) >= 11 is 2.16. The Morgan fingerprint density at radius 2 is 1.68 bits per heavy atom. The molecule has 0 radical (unpaired) electrons. The number of carbonyl (C=O) groups excluding carboxylic acids is 2. The van der Waals surface area contributed by atoms with Crippen molar-refractivity contribution < 1.29 is 19.1 Å². The second-order valence-electron chi connectivity index (χ2n) is 4.28. The van der Waals surface area contributed by atoms with Crippen LogP contribution < -0.4 is 0 Å². The Morgan fingerprint density at radius 3 is 2.32 bits per heavy atom. The maximum Gasteiger partial charge on any atom is 0.337 e. The first-order chi connectivity index (χ1) is 10.6. The zero-order valence-corrected chi connectivity index (χ0v) is 14.2. The van der Waals surface area contributed by atoms with Gasteiger partial charge in [0.25, 0.3) is 0 Å². The number of pyridine rings is 2. The third-order valence-corrected chi connectivity index (χ3v) is 3.66. The zero-order valence-electron chi connectivity index (χ0n) is 12.0. The van der Waals surface area contributed by atoms with Crippen LogP contribution in [0.3, 0.4) is 0 Å². The highest BCUT2D eigenvalue weighted by molar-refractivity contribution is 14.1. The molecule has 2 aromatic heterocycles. The average molecular weight is 412 g/mol. The van der Waals surface area contributed by atoms with Gasteiger partial charge >= 0.3 is 11.9 Å². The lowest BCUT2D eigenvalue weighted by Gasteiger charge is -2.07. The molecule has 0 aliphatic heterocycles. The monoisotopic (exact) mass is 412 g/mol. The van der Waals surface area contributed by atoms with E-state index in [2.05, 4.69) is 37.3 Å². The van der Waals surface area contributed by atoms with Crippen LogP contribution in [0.5, 0.6) is 0 Å². The van der Waals surface area contributed by atoms with E-state index >= 15 is 0 Å². The minimum absolute atomic E-state index is 0.369. The average Bonchev–Trinajstić information content (AvgIpc) is 2.59. The number of hydrogen-bond acceptors (Lipinski definition) is 6. The van der Waals surface area contributed by atoms with Crippen molar-refractivity contribution in [3.63, 3.8) is 0 Å². The Morgan fingerprint density at radius 1 is 1.05 bits per heavy atom. The van der Waals surface area contributed by atoms with E-state index in [0.29, 0.717) is 26.9 Å². The van der Waals surface area contributed by atoms with E-state index in [4.69, 9.17) is 4.74 Å². The van der Waals surface area contributed by atoms with Gasteiger partial charge in [-0.3, -0.25) is 9.97 Å². The minimum atomic E-state index is -0.457. The predicted octanol–water partition coefficient (Wildman–Crippen LogP) is 2.65. The summed E-state index contributed by atoms with van der Waals surface area (Å²) < 4.78 is 10.1. The molecule has 0 bridgehead atoms. The smallest absolute Gasteiger partial charge is 0.337 e. The van der Waals surface area contributed by atoms with Crippen LogP contribution in [0, 0.1) is 0 Å². The molecular weight excluding hydrogens is 399 g/mol. The van der Waals surface area contributed by atoms with E-state index in [0.717, 1.165) is 5.69 Å². The first-order valence-electron chi connectivity index (χ1n) is 6.29. The highest BCUT2D eigenvalue weighted by Gasteiger charge is 2.13. The third kappa shape index (κ3) is 3.59. The molecule has 2 aromatic rings. The standard InChI is InChI=1S/C15H13IN2O4/c1-21-14(19)9-3-4-17-12(6-9)13-7-10(15(20)22-2)5-11(8-16)18-13/h3-7H,8H2,1-2H3. The van der Waals surface area contributed by atoms with Crippen LogP contribution in [0.4, 0.5) is 0 Å². The Labute approximate surface area is 141 Å². The van der Waals surface area contributed by atoms with Crippen LogP contribution in [0.1, 0.15) is 26.4 Å². The quantitative estimate of drug-likeness (QED) is 0.437. The molecule has 0 fully saturated rings. The number of halogens is 1. The second-order valence-corrected chi connectivity index (χ2v) is 5.04. The second kappa shape index (κ2) is 7.30. The maximum absolute atomic E-state index is 11.7. The number of carbonyl (C=O) groups is 2. The maximum atomic E-state index is 11.7. The number of ether oxygens (including phenoxy) is 2. The number of nitrogens with zero attached hydrogens (tertiary/aromatic N) is 2. The topological polar surface area (TPSA) is 78.4 Å². The van der Waals surface area contributed by atoms with Crippen molar-refractivity contribution in [2.24, 2.45) is 0 Å². The van der Waals surface area contributed by atoms with Gasteiger partial charge in [-0.1, -0.05) is 22.6 Å². The summed E-state index contributed by atoms with van der Waals surface area (Å²) in [6.45, 7) is 0. The van der Waals surface area contributed by atoms with Crippen molar-refractivity contribution >= 4 is 34.5 Å². The highest BCUT2D eigenvalue weighted by atomic mass is 127. The zero-order chi connectivity index (χ0) is 16.1. The molecule has 114 valence electrons. The van der Waals surface area contributed by atoms with Crippen molar-refractivity contribution in [2.75, 3.05) is 14.2 Å². The van der Waals surface area contributed by atoms with Gasteiger partial charge in [-0.15, -0.1) is 0 Å². The molecule has 0 N–H and O–H groups in total. The lowest BCUT2D eigenvalue weighted by Crippen LogP contribution is -2.05. The van der Waals surface area contributed by atoms with E-state index in [1.807, 2.05) is 0 Å². The molecule has 22 heavy (non-hydrogen) atoms. The van der Waals surface area contributed by atoms with E-state index in [1.54, 1.807) is 24.3 Å². The van der Waals surface area contributed by atoms with Crippen LogP contribution in [-0.4, -0.2) is 36.1 Å². The first-order valence-corrected chi connectivity index (χ1v) is 7.81. The lowest BCUT2D eigenvalue weighted by atomic mass is 10.1. The van der Waals surface area contributed by atoms with Crippen molar-refractivity contribution in [2.45, 2.75) is 4.43 Å². The summed E-state index contributed by atoms with van der Waals surface area (Å²) in [7, 11) is 2.63. The molecule has 0 saturated carbocycles. The molecular formula is C15H13IN2O4. The number of esters is 2. The molecule has 6 nitrogen and oxygen atoms in total. The summed E-state index contributed by atoms with van der Waals surface area (Å²) in [6.07, 6.45) is 1.50. The predicted molar refractivity (Wildman–Crippen MR) is 87.9 cm³/mol. The van der Waals surface area contributed by atoms with Crippen LogP contribution in [-0.2, 0) is 13.9 Å². The van der Waals surface area contributed by atoms with Crippen LogP contribution in [0.25, 0.3) is 11.4 Å². The summed E-state index contributed by atoms with van der Waals surface area (Å²) in [4.78, 5) is 32.0. The molecule has 0 saturated heterocycles.